The van der Waals surface area contributed by atoms with E-state index >= 15 is 0 Å². The molecule has 1 aromatic carbocycles. The van der Waals surface area contributed by atoms with E-state index in [4.69, 9.17) is 10.2 Å². The van der Waals surface area contributed by atoms with Gasteiger partial charge in [-0.2, -0.15) is 15.0 Å². The Bertz CT molecular complexity index is 864. The number of unbranched alkanes of at least 4 members (excludes halogenated alkanes) is 8. The van der Waals surface area contributed by atoms with Crippen molar-refractivity contribution in [1.29, 1.82) is 0 Å². The van der Waals surface area contributed by atoms with Gasteiger partial charge in [0.05, 0.1) is 20.2 Å². The number of fused-ring (bicyclic) bond motifs is 2. The van der Waals surface area contributed by atoms with E-state index < -0.39 is 0 Å². The molecule has 3 aromatic rings. The van der Waals surface area contributed by atoms with Crippen molar-refractivity contribution < 1.29 is 0 Å². The van der Waals surface area contributed by atoms with Crippen LogP contribution in [0.4, 0.5) is 0 Å². The van der Waals surface area contributed by atoms with Crippen LogP contribution < -0.4 is 0 Å². The highest BCUT2D eigenvalue weighted by atomic mass is 79.9. The summed E-state index contributed by atoms with van der Waals surface area (Å²) in [5, 5.41) is 13.1. The highest BCUT2D eigenvalue weighted by Gasteiger charge is 2.18. The van der Waals surface area contributed by atoms with E-state index in [1.54, 1.807) is 11.3 Å². The summed E-state index contributed by atoms with van der Waals surface area (Å²) in [5.74, 6) is 0.675. The first-order chi connectivity index (χ1) is 14.7. The van der Waals surface area contributed by atoms with Gasteiger partial charge in [0.25, 0.3) is 0 Å². The van der Waals surface area contributed by atoms with Gasteiger partial charge in [0, 0.05) is 5.39 Å². The molecule has 0 aliphatic rings. The maximum atomic E-state index is 4.89. The van der Waals surface area contributed by atoms with Crippen LogP contribution in [0.25, 0.3) is 21.1 Å². The third kappa shape index (κ3) is 6.29. The van der Waals surface area contributed by atoms with Crippen LogP contribution in [0.1, 0.15) is 90.9 Å². The molecule has 30 heavy (non-hydrogen) atoms. The molecule has 3 rings (SSSR count). The molecule has 0 aliphatic carbocycles. The first-order valence-corrected chi connectivity index (χ1v) is 14.2. The molecule has 0 aliphatic heterocycles. The van der Waals surface area contributed by atoms with Crippen molar-refractivity contribution in [2.75, 3.05) is 0 Å². The van der Waals surface area contributed by atoms with E-state index in [-0.39, 0.29) is 0 Å². The summed E-state index contributed by atoms with van der Waals surface area (Å²) in [6.45, 7) is 5.50. The van der Waals surface area contributed by atoms with Gasteiger partial charge in [-0.25, -0.2) is 0 Å². The Morgan fingerprint density at radius 3 is 2.07 bits per heavy atom. The second-order valence-corrected chi connectivity index (χ2v) is 11.0. The van der Waals surface area contributed by atoms with Crippen LogP contribution in [0.15, 0.2) is 20.4 Å². The van der Waals surface area contributed by atoms with Crippen LogP contribution in [0, 0.1) is 5.92 Å². The minimum atomic E-state index is 0.675. The lowest BCUT2D eigenvalue weighted by molar-refractivity contribution is 0.327. The maximum absolute atomic E-state index is 4.89. The van der Waals surface area contributed by atoms with Gasteiger partial charge in [-0.05, 0) is 62.1 Å². The van der Waals surface area contributed by atoms with Crippen LogP contribution >= 0.6 is 43.2 Å². The first kappa shape index (κ1) is 24.2. The smallest absolute Gasteiger partial charge is 0.130 e. The quantitative estimate of drug-likeness (QED) is 0.185. The SMILES string of the molecule is CCCCCCCCC(CCCCCC)Cn1nc2c(Br)c3ccsc3c(Br)c2n1. The molecule has 0 fully saturated rings. The predicted octanol–water partition coefficient (Wildman–Crippen LogP) is 9.51. The second-order valence-electron chi connectivity index (χ2n) is 8.52. The van der Waals surface area contributed by atoms with E-state index in [1.807, 2.05) is 4.80 Å². The average molecular weight is 557 g/mol. The lowest BCUT2D eigenvalue weighted by Crippen LogP contribution is -2.13. The number of rotatable bonds is 14. The van der Waals surface area contributed by atoms with Crippen molar-refractivity contribution in [3.63, 3.8) is 0 Å². The van der Waals surface area contributed by atoms with E-state index in [2.05, 4.69) is 57.2 Å². The number of benzene rings is 1. The maximum Gasteiger partial charge on any atom is 0.130 e. The van der Waals surface area contributed by atoms with E-state index in [9.17, 15) is 0 Å². The Labute approximate surface area is 202 Å². The largest absolute Gasteiger partial charge is 0.183 e. The standard InChI is InChI=1S/C24H35Br2N3S/c1-3-5-7-9-10-12-14-18(13-11-8-6-4-2)17-29-27-22-20(25)19-15-16-30-24(19)21(26)23(22)28-29/h15-16,18H,3-14,17H2,1-2H3. The molecular formula is C24H35Br2N3S. The Balaban J connectivity index is 1.68. The lowest BCUT2D eigenvalue weighted by Gasteiger charge is -2.16. The highest BCUT2D eigenvalue weighted by Crippen LogP contribution is 2.40. The Kier molecular flexibility index (Phi) is 10.1. The van der Waals surface area contributed by atoms with Gasteiger partial charge in [-0.15, -0.1) is 11.3 Å². The molecule has 2 aromatic heterocycles. The number of halogens is 2. The topological polar surface area (TPSA) is 30.7 Å². The zero-order valence-electron chi connectivity index (χ0n) is 18.4. The fourth-order valence-electron chi connectivity index (χ4n) is 4.24. The van der Waals surface area contributed by atoms with E-state index in [0.29, 0.717) is 5.92 Å². The molecule has 1 unspecified atom stereocenters. The van der Waals surface area contributed by atoms with Crippen molar-refractivity contribution in [2.45, 2.75) is 97.4 Å². The number of aromatic nitrogens is 3. The lowest BCUT2D eigenvalue weighted by atomic mass is 9.94. The summed E-state index contributed by atoms with van der Waals surface area (Å²) >= 11 is 9.30. The molecule has 6 heteroatoms. The third-order valence-corrected chi connectivity index (χ3v) is 8.79. The Morgan fingerprint density at radius 1 is 0.833 bits per heavy atom. The van der Waals surface area contributed by atoms with Gasteiger partial charge >= 0.3 is 0 Å². The summed E-state index contributed by atoms with van der Waals surface area (Å²) in [4.78, 5) is 1.96. The predicted molar refractivity (Wildman–Crippen MR) is 139 cm³/mol. The van der Waals surface area contributed by atoms with Crippen LogP contribution in [0.2, 0.25) is 0 Å². The molecule has 0 saturated heterocycles. The molecule has 3 nitrogen and oxygen atoms in total. The molecule has 1 atom stereocenters. The Hall–Kier alpha value is -0.460. The third-order valence-electron chi connectivity index (χ3n) is 6.03. The van der Waals surface area contributed by atoms with Gasteiger partial charge in [0.1, 0.15) is 11.0 Å². The van der Waals surface area contributed by atoms with Gasteiger partial charge in [-0.1, -0.05) is 78.1 Å². The average Bonchev–Trinajstić information content (AvgIpc) is 3.39. The van der Waals surface area contributed by atoms with Crippen LogP contribution in [0.3, 0.4) is 0 Å². The fourth-order valence-corrected chi connectivity index (χ4v) is 6.57. The highest BCUT2D eigenvalue weighted by molar-refractivity contribution is 9.11. The van der Waals surface area contributed by atoms with Gasteiger partial charge in [-0.3, -0.25) is 0 Å². The monoisotopic (exact) mass is 555 g/mol. The normalized spacial score (nSPS) is 12.9. The zero-order valence-corrected chi connectivity index (χ0v) is 22.4. The Morgan fingerprint density at radius 2 is 1.40 bits per heavy atom. The molecule has 0 N–H and O–H groups in total. The fraction of sp³-hybridized carbons (Fsp3) is 0.667. The number of hydrogen-bond acceptors (Lipinski definition) is 3. The van der Waals surface area contributed by atoms with E-state index in [0.717, 1.165) is 26.5 Å². The van der Waals surface area contributed by atoms with Crippen molar-refractivity contribution in [2.24, 2.45) is 5.92 Å². The van der Waals surface area contributed by atoms with E-state index in [1.165, 1.54) is 87.1 Å². The zero-order chi connectivity index (χ0) is 21.3. The molecule has 0 radical (unpaired) electrons. The van der Waals surface area contributed by atoms with Crippen LogP contribution in [-0.2, 0) is 6.54 Å². The summed E-state index contributed by atoms with van der Waals surface area (Å²) in [6.07, 6.45) is 16.1. The van der Waals surface area contributed by atoms with Crippen molar-refractivity contribution >= 4 is 64.3 Å². The first-order valence-electron chi connectivity index (χ1n) is 11.7. The molecule has 0 saturated carbocycles. The minimum absolute atomic E-state index is 0.675. The number of hydrogen-bond donors (Lipinski definition) is 0. The van der Waals surface area contributed by atoms with Crippen molar-refractivity contribution in [3.8, 4) is 0 Å². The molecule has 0 bridgehead atoms. The van der Waals surface area contributed by atoms with Crippen LogP contribution in [0.5, 0.6) is 0 Å². The molecular weight excluding hydrogens is 522 g/mol. The summed E-state index contributed by atoms with van der Waals surface area (Å²) < 4.78 is 3.38. The van der Waals surface area contributed by atoms with Gasteiger partial charge in [0.2, 0.25) is 0 Å². The minimum Gasteiger partial charge on any atom is -0.183 e. The van der Waals surface area contributed by atoms with Crippen molar-refractivity contribution in [3.05, 3.63) is 20.4 Å². The molecule has 2 heterocycles. The summed E-state index contributed by atoms with van der Waals surface area (Å²) in [6, 6.07) is 2.16. The number of thiophene rings is 1. The van der Waals surface area contributed by atoms with Crippen LogP contribution in [-0.4, -0.2) is 15.0 Å². The molecule has 166 valence electrons. The second kappa shape index (κ2) is 12.5. The van der Waals surface area contributed by atoms with Gasteiger partial charge in [0.15, 0.2) is 0 Å². The summed E-state index contributed by atoms with van der Waals surface area (Å²) in [7, 11) is 0. The van der Waals surface area contributed by atoms with Gasteiger partial charge < -0.3 is 0 Å². The number of nitrogens with zero attached hydrogens (tertiary/aromatic N) is 3. The molecule has 0 amide bonds. The molecule has 0 spiro atoms. The van der Waals surface area contributed by atoms with Crippen molar-refractivity contribution in [1.82, 2.24) is 15.0 Å². The summed E-state index contributed by atoms with van der Waals surface area (Å²) in [5.41, 5.74) is 1.94.